The summed E-state index contributed by atoms with van der Waals surface area (Å²) in [4.78, 5) is 18.9. The molecule has 0 aliphatic carbocycles. The van der Waals surface area contributed by atoms with Crippen molar-refractivity contribution in [2.75, 3.05) is 36.2 Å². The van der Waals surface area contributed by atoms with Crippen molar-refractivity contribution in [1.29, 1.82) is 0 Å². The van der Waals surface area contributed by atoms with Gasteiger partial charge in [-0.1, -0.05) is 23.7 Å². The number of halogens is 1. The van der Waals surface area contributed by atoms with Crippen molar-refractivity contribution >= 4 is 46.5 Å². The van der Waals surface area contributed by atoms with Crippen LogP contribution in [0.4, 0.5) is 11.4 Å². The van der Waals surface area contributed by atoms with Crippen LogP contribution < -0.4 is 10.6 Å². The molecular formula is C22H25ClN4OS. The third kappa shape index (κ3) is 4.23. The van der Waals surface area contributed by atoms with E-state index in [1.54, 1.807) is 19.0 Å². The smallest absolute Gasteiger partial charge is 0.253 e. The second-order valence-electron chi connectivity index (χ2n) is 7.70. The van der Waals surface area contributed by atoms with Gasteiger partial charge in [0.2, 0.25) is 0 Å². The maximum atomic E-state index is 12.4. The second kappa shape index (κ2) is 8.28. The highest BCUT2D eigenvalue weighted by Gasteiger charge is 2.41. The number of rotatable bonds is 3. The van der Waals surface area contributed by atoms with Gasteiger partial charge in [0.25, 0.3) is 5.91 Å². The maximum absolute atomic E-state index is 12.4. The quantitative estimate of drug-likeness (QED) is 0.741. The fraction of sp³-hybridized carbons (Fsp3) is 0.364. The van der Waals surface area contributed by atoms with E-state index >= 15 is 0 Å². The fourth-order valence-electron chi connectivity index (χ4n) is 3.79. The molecule has 1 spiro atoms. The van der Waals surface area contributed by atoms with Gasteiger partial charge in [-0.3, -0.25) is 9.79 Å². The van der Waals surface area contributed by atoms with E-state index in [1.807, 2.05) is 54.2 Å². The summed E-state index contributed by atoms with van der Waals surface area (Å²) < 4.78 is 0. The molecule has 0 saturated carbocycles. The Labute approximate surface area is 180 Å². The van der Waals surface area contributed by atoms with Crippen LogP contribution in [-0.4, -0.2) is 47.8 Å². The first-order valence-corrected chi connectivity index (χ1v) is 11.3. The first-order valence-electron chi connectivity index (χ1n) is 9.75. The number of nitrogens with zero attached hydrogens (tertiary/aromatic N) is 2. The van der Waals surface area contributed by atoms with Crippen molar-refractivity contribution in [2.24, 2.45) is 4.99 Å². The lowest BCUT2D eigenvalue weighted by Gasteiger charge is -2.44. The molecule has 4 rings (SSSR count). The Bertz CT molecular complexity index is 954. The first kappa shape index (κ1) is 20.1. The molecule has 0 radical (unpaired) electrons. The summed E-state index contributed by atoms with van der Waals surface area (Å²) in [6.07, 6.45) is 2.02. The van der Waals surface area contributed by atoms with Gasteiger partial charge in [-0.15, -0.1) is 0 Å². The van der Waals surface area contributed by atoms with Crippen LogP contribution in [-0.2, 0) is 6.54 Å². The number of anilines is 2. The van der Waals surface area contributed by atoms with Gasteiger partial charge >= 0.3 is 0 Å². The second-order valence-corrected chi connectivity index (χ2v) is 9.36. The van der Waals surface area contributed by atoms with Crippen LogP contribution in [0.1, 0.15) is 28.8 Å². The maximum Gasteiger partial charge on any atom is 0.253 e. The van der Waals surface area contributed by atoms with Crippen LogP contribution in [0.25, 0.3) is 0 Å². The van der Waals surface area contributed by atoms with Crippen LogP contribution in [0.3, 0.4) is 0 Å². The van der Waals surface area contributed by atoms with Crippen LogP contribution in [0.5, 0.6) is 0 Å². The summed E-state index contributed by atoms with van der Waals surface area (Å²) in [6.45, 7) is 0.561. The van der Waals surface area contributed by atoms with Gasteiger partial charge in [0.05, 0.1) is 23.5 Å². The molecule has 1 saturated heterocycles. The van der Waals surface area contributed by atoms with Crippen molar-refractivity contribution in [3.8, 4) is 0 Å². The third-order valence-electron chi connectivity index (χ3n) is 5.41. The van der Waals surface area contributed by atoms with Gasteiger partial charge in [-0.05, 0) is 60.2 Å². The number of amides is 1. The lowest BCUT2D eigenvalue weighted by atomic mass is 9.87. The SMILES string of the molecule is CN(C)C(=O)c1ccc2c(c1)NC(=NCc1cccc(Cl)c1)C1(CCSCC1)N2. The van der Waals surface area contributed by atoms with Crippen molar-refractivity contribution in [3.05, 3.63) is 58.6 Å². The van der Waals surface area contributed by atoms with E-state index in [0.29, 0.717) is 12.1 Å². The summed E-state index contributed by atoms with van der Waals surface area (Å²) in [5, 5.41) is 8.02. The zero-order chi connectivity index (χ0) is 20.4. The molecule has 1 fully saturated rings. The summed E-state index contributed by atoms with van der Waals surface area (Å²) in [5.41, 5.74) is 3.46. The lowest BCUT2D eigenvalue weighted by Crippen LogP contribution is -2.54. The number of hydrogen-bond donors (Lipinski definition) is 2. The van der Waals surface area contributed by atoms with E-state index in [4.69, 9.17) is 16.6 Å². The summed E-state index contributed by atoms with van der Waals surface area (Å²) in [5.74, 6) is 3.12. The minimum atomic E-state index is -0.191. The minimum absolute atomic E-state index is 0.0126. The Morgan fingerprint density at radius 1 is 1.17 bits per heavy atom. The molecule has 2 aliphatic heterocycles. The van der Waals surface area contributed by atoms with Crippen LogP contribution in [0, 0.1) is 0 Å². The molecule has 0 atom stereocenters. The van der Waals surface area contributed by atoms with Gasteiger partial charge in [0.15, 0.2) is 0 Å². The van der Waals surface area contributed by atoms with Crippen LogP contribution >= 0.6 is 23.4 Å². The van der Waals surface area contributed by atoms with Crippen LogP contribution in [0.15, 0.2) is 47.5 Å². The van der Waals surface area contributed by atoms with E-state index in [-0.39, 0.29) is 11.4 Å². The van der Waals surface area contributed by atoms with E-state index in [9.17, 15) is 4.79 Å². The molecule has 2 aromatic rings. The summed E-state index contributed by atoms with van der Waals surface area (Å²) in [7, 11) is 3.53. The molecule has 2 aliphatic rings. The Kier molecular flexibility index (Phi) is 5.74. The number of nitrogens with one attached hydrogen (secondary N) is 2. The van der Waals surface area contributed by atoms with Gasteiger partial charge in [-0.25, -0.2) is 0 Å². The highest BCUT2D eigenvalue weighted by atomic mass is 35.5. The highest BCUT2D eigenvalue weighted by molar-refractivity contribution is 7.99. The Balaban J connectivity index is 1.68. The van der Waals surface area contributed by atoms with E-state index in [2.05, 4.69) is 10.6 Å². The molecule has 7 heteroatoms. The molecule has 0 unspecified atom stereocenters. The molecule has 2 aromatic carbocycles. The van der Waals surface area contributed by atoms with E-state index < -0.39 is 0 Å². The predicted molar refractivity (Wildman–Crippen MR) is 124 cm³/mol. The number of amidine groups is 1. The average Bonchev–Trinajstić information content (AvgIpc) is 2.72. The number of aliphatic imine (C=N–C) groups is 1. The van der Waals surface area contributed by atoms with E-state index in [1.165, 1.54) is 0 Å². The standard InChI is InChI=1S/C22H25ClN4OS/c1-27(2)20(28)16-6-7-18-19(13-16)25-21(22(26-18)8-10-29-11-9-22)24-14-15-4-3-5-17(23)12-15/h3-7,12-13,26H,8-11,14H2,1-2H3,(H,24,25). The van der Waals surface area contributed by atoms with Gasteiger partial charge in [0.1, 0.15) is 5.84 Å². The van der Waals surface area contributed by atoms with Gasteiger partial charge in [-0.2, -0.15) is 11.8 Å². The van der Waals surface area contributed by atoms with Gasteiger partial charge in [0, 0.05) is 24.7 Å². The van der Waals surface area contributed by atoms with E-state index in [0.717, 1.165) is 52.1 Å². The Morgan fingerprint density at radius 3 is 2.69 bits per heavy atom. The normalized spacial score (nSPS) is 18.7. The Hall–Kier alpha value is -2.18. The van der Waals surface area contributed by atoms with Gasteiger partial charge < -0.3 is 15.5 Å². The zero-order valence-corrected chi connectivity index (χ0v) is 18.2. The number of benzene rings is 2. The van der Waals surface area contributed by atoms with Crippen molar-refractivity contribution in [3.63, 3.8) is 0 Å². The number of fused-ring (bicyclic) bond motifs is 1. The first-order chi connectivity index (χ1) is 14.0. The zero-order valence-electron chi connectivity index (χ0n) is 16.7. The largest absolute Gasteiger partial charge is 0.371 e. The predicted octanol–water partition coefficient (Wildman–Crippen LogP) is 4.74. The molecule has 0 bridgehead atoms. The van der Waals surface area contributed by atoms with Crippen molar-refractivity contribution in [2.45, 2.75) is 24.9 Å². The fourth-order valence-corrected chi connectivity index (χ4v) is 5.19. The number of hydrogen-bond acceptors (Lipinski definition) is 4. The molecule has 2 heterocycles. The van der Waals surface area contributed by atoms with Crippen molar-refractivity contribution in [1.82, 2.24) is 4.90 Å². The summed E-state index contributed by atoms with van der Waals surface area (Å²) >= 11 is 8.11. The Morgan fingerprint density at radius 2 is 1.97 bits per heavy atom. The molecular weight excluding hydrogens is 404 g/mol. The molecule has 2 N–H and O–H groups in total. The molecule has 5 nitrogen and oxygen atoms in total. The number of thioether (sulfide) groups is 1. The van der Waals surface area contributed by atoms with Crippen LogP contribution in [0.2, 0.25) is 5.02 Å². The van der Waals surface area contributed by atoms with Crippen molar-refractivity contribution < 1.29 is 4.79 Å². The summed E-state index contributed by atoms with van der Waals surface area (Å²) in [6, 6.07) is 13.6. The molecule has 1 amide bonds. The monoisotopic (exact) mass is 428 g/mol. The molecule has 0 aromatic heterocycles. The molecule has 29 heavy (non-hydrogen) atoms. The molecule has 152 valence electrons. The minimum Gasteiger partial charge on any atom is -0.371 e. The highest BCUT2D eigenvalue weighted by Crippen LogP contribution is 2.39. The third-order valence-corrected chi connectivity index (χ3v) is 6.63. The number of carbonyl (C=O) groups is 1. The lowest BCUT2D eigenvalue weighted by molar-refractivity contribution is 0.0827. The topological polar surface area (TPSA) is 56.7 Å². The number of carbonyl (C=O) groups excluding carboxylic acids is 1. The average molecular weight is 429 g/mol.